The van der Waals surface area contributed by atoms with Crippen LogP contribution in [-0.4, -0.2) is 11.5 Å². The maximum Gasteiger partial charge on any atom is 0.212 e. The maximum atomic E-state index is 13.2. The van der Waals surface area contributed by atoms with Gasteiger partial charge in [-0.15, -0.1) is 0 Å². The fourth-order valence-corrected chi connectivity index (χ4v) is 2.28. The minimum atomic E-state index is -0.198. The van der Waals surface area contributed by atoms with E-state index in [9.17, 15) is 4.39 Å². The molecular weight excluding hydrogens is 231 g/mol. The van der Waals surface area contributed by atoms with Gasteiger partial charge in [0.15, 0.2) is 5.76 Å². The summed E-state index contributed by atoms with van der Waals surface area (Å²) in [6.07, 6.45) is 3.92. The van der Waals surface area contributed by atoms with E-state index in [2.05, 4.69) is 10.3 Å². The number of halogens is 1. The number of oxazole rings is 1. The topological polar surface area (TPSA) is 38.1 Å². The first-order chi connectivity index (χ1) is 8.74. The van der Waals surface area contributed by atoms with Gasteiger partial charge in [0, 0.05) is 5.56 Å². The number of nitrogens with one attached hydrogen (secondary N) is 1. The van der Waals surface area contributed by atoms with Crippen LogP contribution in [0.4, 0.5) is 4.39 Å². The lowest BCUT2D eigenvalue weighted by molar-refractivity contribution is 0.437. The van der Waals surface area contributed by atoms with Crippen molar-refractivity contribution in [2.75, 3.05) is 6.54 Å². The fraction of sp³-hybridized carbons (Fsp3) is 0.357. The highest BCUT2D eigenvalue weighted by Crippen LogP contribution is 2.27. The largest absolute Gasteiger partial charge is 0.439 e. The molecule has 1 aromatic carbocycles. The normalized spacial score (nSPS) is 19.3. The van der Waals surface area contributed by atoms with Crippen LogP contribution in [0.25, 0.3) is 11.3 Å². The molecule has 0 aliphatic carbocycles. The zero-order valence-corrected chi connectivity index (χ0v) is 10.2. The van der Waals surface area contributed by atoms with E-state index in [1.54, 1.807) is 25.3 Å². The molecule has 18 heavy (non-hydrogen) atoms. The summed E-state index contributed by atoms with van der Waals surface area (Å²) in [5, 5.41) is 3.34. The lowest BCUT2D eigenvalue weighted by atomic mass is 10.1. The molecule has 4 heteroatoms. The number of nitrogens with zero attached hydrogens (tertiary/aromatic N) is 1. The first-order valence-corrected chi connectivity index (χ1v) is 6.19. The fourth-order valence-electron chi connectivity index (χ4n) is 2.28. The Morgan fingerprint density at radius 1 is 1.44 bits per heavy atom. The van der Waals surface area contributed by atoms with Crippen molar-refractivity contribution >= 4 is 0 Å². The molecule has 1 N–H and O–H groups in total. The van der Waals surface area contributed by atoms with Gasteiger partial charge in [0.05, 0.1) is 12.2 Å². The Labute approximate surface area is 105 Å². The lowest BCUT2D eigenvalue weighted by Gasteiger charge is -2.04. The van der Waals surface area contributed by atoms with Crippen LogP contribution in [0.1, 0.15) is 30.3 Å². The molecule has 1 aliphatic rings. The molecule has 1 saturated heterocycles. The minimum Gasteiger partial charge on any atom is -0.439 e. The van der Waals surface area contributed by atoms with Gasteiger partial charge in [-0.1, -0.05) is 0 Å². The predicted octanol–water partition coefficient (Wildman–Crippen LogP) is 3.21. The Balaban J connectivity index is 1.89. The van der Waals surface area contributed by atoms with Gasteiger partial charge >= 0.3 is 0 Å². The van der Waals surface area contributed by atoms with Crippen molar-refractivity contribution in [3.63, 3.8) is 0 Å². The summed E-state index contributed by atoms with van der Waals surface area (Å²) in [5.41, 5.74) is 1.48. The average molecular weight is 246 g/mol. The van der Waals surface area contributed by atoms with E-state index in [-0.39, 0.29) is 11.9 Å². The summed E-state index contributed by atoms with van der Waals surface area (Å²) < 4.78 is 19.0. The van der Waals surface area contributed by atoms with Gasteiger partial charge in [0.2, 0.25) is 5.89 Å². The molecule has 3 rings (SSSR count). The monoisotopic (exact) mass is 246 g/mol. The van der Waals surface area contributed by atoms with Crippen molar-refractivity contribution in [2.45, 2.75) is 25.8 Å². The van der Waals surface area contributed by atoms with E-state index in [4.69, 9.17) is 4.42 Å². The number of rotatable bonds is 2. The molecule has 0 amide bonds. The van der Waals surface area contributed by atoms with Gasteiger partial charge in [0.25, 0.3) is 0 Å². The van der Waals surface area contributed by atoms with Crippen LogP contribution in [0.2, 0.25) is 0 Å². The summed E-state index contributed by atoms with van der Waals surface area (Å²) in [6.45, 7) is 2.76. The quantitative estimate of drug-likeness (QED) is 0.884. The Morgan fingerprint density at radius 2 is 2.33 bits per heavy atom. The summed E-state index contributed by atoms with van der Waals surface area (Å²) in [4.78, 5) is 4.30. The molecule has 1 aromatic heterocycles. The van der Waals surface area contributed by atoms with E-state index in [1.165, 1.54) is 6.07 Å². The lowest BCUT2D eigenvalue weighted by Crippen LogP contribution is -2.12. The third-order valence-corrected chi connectivity index (χ3v) is 3.32. The molecule has 1 unspecified atom stereocenters. The summed E-state index contributed by atoms with van der Waals surface area (Å²) in [7, 11) is 0. The highest BCUT2D eigenvalue weighted by molar-refractivity contribution is 5.57. The van der Waals surface area contributed by atoms with Crippen LogP contribution in [0.5, 0.6) is 0 Å². The Kier molecular flexibility index (Phi) is 2.88. The second-order valence-electron chi connectivity index (χ2n) is 4.68. The molecule has 3 nitrogen and oxygen atoms in total. The van der Waals surface area contributed by atoms with Crippen molar-refractivity contribution in [3.05, 3.63) is 41.7 Å². The zero-order chi connectivity index (χ0) is 12.5. The van der Waals surface area contributed by atoms with Crippen molar-refractivity contribution < 1.29 is 8.81 Å². The Morgan fingerprint density at radius 3 is 3.06 bits per heavy atom. The third kappa shape index (κ3) is 2.04. The van der Waals surface area contributed by atoms with Gasteiger partial charge in [-0.05, 0) is 50.1 Å². The summed E-state index contributed by atoms with van der Waals surface area (Å²) in [5.74, 6) is 1.22. The van der Waals surface area contributed by atoms with E-state index < -0.39 is 0 Å². The van der Waals surface area contributed by atoms with Crippen LogP contribution >= 0.6 is 0 Å². The standard InChI is InChI=1S/C14H15FN2O/c1-9-7-10(4-5-11(9)15)13-8-17-14(18-13)12-3-2-6-16-12/h4-5,7-8,12,16H,2-3,6H2,1H3. The van der Waals surface area contributed by atoms with Gasteiger partial charge in [-0.3, -0.25) is 0 Å². The van der Waals surface area contributed by atoms with Gasteiger partial charge in [0.1, 0.15) is 5.82 Å². The van der Waals surface area contributed by atoms with Crippen molar-refractivity contribution in [1.82, 2.24) is 10.3 Å². The number of aromatic nitrogens is 1. The summed E-state index contributed by atoms with van der Waals surface area (Å²) >= 11 is 0. The predicted molar refractivity (Wildman–Crippen MR) is 66.6 cm³/mol. The number of hydrogen-bond acceptors (Lipinski definition) is 3. The molecule has 0 bridgehead atoms. The number of hydrogen-bond donors (Lipinski definition) is 1. The second-order valence-corrected chi connectivity index (χ2v) is 4.68. The van der Waals surface area contributed by atoms with E-state index >= 15 is 0 Å². The number of aryl methyl sites for hydroxylation is 1. The van der Waals surface area contributed by atoms with Crippen LogP contribution in [0, 0.1) is 12.7 Å². The van der Waals surface area contributed by atoms with Crippen LogP contribution in [0.3, 0.4) is 0 Å². The Bertz CT molecular complexity index is 559. The smallest absolute Gasteiger partial charge is 0.212 e. The van der Waals surface area contributed by atoms with E-state index in [0.29, 0.717) is 11.3 Å². The van der Waals surface area contributed by atoms with Crippen LogP contribution in [-0.2, 0) is 0 Å². The first kappa shape index (κ1) is 11.4. The van der Waals surface area contributed by atoms with Gasteiger partial charge < -0.3 is 9.73 Å². The highest BCUT2D eigenvalue weighted by Gasteiger charge is 2.21. The molecule has 94 valence electrons. The molecule has 0 radical (unpaired) electrons. The molecule has 2 heterocycles. The third-order valence-electron chi connectivity index (χ3n) is 3.32. The molecule has 1 fully saturated rings. The van der Waals surface area contributed by atoms with Crippen molar-refractivity contribution in [2.24, 2.45) is 0 Å². The maximum absolute atomic E-state index is 13.2. The Hall–Kier alpha value is -1.68. The first-order valence-electron chi connectivity index (χ1n) is 6.19. The van der Waals surface area contributed by atoms with E-state index in [0.717, 1.165) is 30.8 Å². The molecule has 0 saturated carbocycles. The molecule has 0 spiro atoms. The minimum absolute atomic E-state index is 0.198. The van der Waals surface area contributed by atoms with Crippen molar-refractivity contribution in [1.29, 1.82) is 0 Å². The second kappa shape index (κ2) is 4.53. The van der Waals surface area contributed by atoms with Crippen LogP contribution in [0.15, 0.2) is 28.8 Å². The highest BCUT2D eigenvalue weighted by atomic mass is 19.1. The van der Waals surface area contributed by atoms with Gasteiger partial charge in [-0.2, -0.15) is 0 Å². The number of benzene rings is 1. The zero-order valence-electron chi connectivity index (χ0n) is 10.2. The molecule has 1 atom stereocenters. The molecule has 1 aliphatic heterocycles. The summed E-state index contributed by atoms with van der Waals surface area (Å²) in [6, 6.07) is 5.18. The molecular formula is C14H15FN2O. The average Bonchev–Trinajstić information content (AvgIpc) is 3.01. The SMILES string of the molecule is Cc1cc(-c2cnc(C3CCCN3)o2)ccc1F. The van der Waals surface area contributed by atoms with Crippen LogP contribution < -0.4 is 5.32 Å². The van der Waals surface area contributed by atoms with E-state index in [1.807, 2.05) is 0 Å². The van der Waals surface area contributed by atoms with Crippen molar-refractivity contribution in [3.8, 4) is 11.3 Å². The molecule has 2 aromatic rings. The van der Waals surface area contributed by atoms with Gasteiger partial charge in [-0.25, -0.2) is 9.37 Å².